The highest BCUT2D eigenvalue weighted by atomic mass is 16.5. The Balaban J connectivity index is 2.09. The molecule has 0 saturated carbocycles. The second-order valence-electron chi connectivity index (χ2n) is 4.92. The number of esters is 1. The predicted molar refractivity (Wildman–Crippen MR) is 86.2 cm³/mol. The van der Waals surface area contributed by atoms with E-state index in [2.05, 4.69) is 15.2 Å². The lowest BCUT2D eigenvalue weighted by Crippen LogP contribution is -2.06. The van der Waals surface area contributed by atoms with Gasteiger partial charge < -0.3 is 15.6 Å². The molecular formula is C16H18N4O3. The zero-order chi connectivity index (χ0) is 16.8. The molecule has 0 aliphatic carbocycles. The Kier molecular flexibility index (Phi) is 5.24. The summed E-state index contributed by atoms with van der Waals surface area (Å²) in [5.41, 5.74) is 7.00. The van der Waals surface area contributed by atoms with E-state index in [0.717, 1.165) is 6.42 Å². The summed E-state index contributed by atoms with van der Waals surface area (Å²) in [6, 6.07) is 8.00. The fraction of sp³-hybridized carbons (Fsp3) is 0.250. The molecule has 0 saturated heterocycles. The first-order chi connectivity index (χ1) is 11.0. The minimum absolute atomic E-state index is 0.00587. The Hall–Kier alpha value is -2.96. The van der Waals surface area contributed by atoms with Gasteiger partial charge in [0.2, 0.25) is 0 Å². The number of benzene rings is 1. The Morgan fingerprint density at radius 1 is 1.30 bits per heavy atom. The number of hydrogen-bond donors (Lipinski definition) is 2. The van der Waals surface area contributed by atoms with Gasteiger partial charge in [0.15, 0.2) is 5.82 Å². The number of carbonyl (C=O) groups is 1. The summed E-state index contributed by atoms with van der Waals surface area (Å²) in [6.07, 6.45) is 1.12. The molecular weight excluding hydrogens is 296 g/mol. The zero-order valence-electron chi connectivity index (χ0n) is 13.0. The molecule has 0 radical (unpaired) electrons. The summed E-state index contributed by atoms with van der Waals surface area (Å²) >= 11 is 0. The van der Waals surface area contributed by atoms with Crippen LogP contribution in [0.5, 0.6) is 11.5 Å². The Labute approximate surface area is 133 Å². The van der Waals surface area contributed by atoms with Crippen molar-refractivity contribution in [1.82, 2.24) is 4.98 Å². The summed E-state index contributed by atoms with van der Waals surface area (Å²) in [6.45, 7) is 3.55. The third-order valence-corrected chi connectivity index (χ3v) is 2.99. The second-order valence-corrected chi connectivity index (χ2v) is 4.92. The first-order valence-corrected chi connectivity index (χ1v) is 7.18. The van der Waals surface area contributed by atoms with E-state index in [1.165, 1.54) is 6.07 Å². The molecule has 0 unspecified atom stereocenters. The van der Waals surface area contributed by atoms with Crippen molar-refractivity contribution in [1.29, 1.82) is 0 Å². The van der Waals surface area contributed by atoms with E-state index in [1.807, 2.05) is 6.92 Å². The number of carbonyl (C=O) groups excluding carboxylic acids is 1. The fourth-order valence-electron chi connectivity index (χ4n) is 1.76. The van der Waals surface area contributed by atoms with Crippen molar-refractivity contribution in [3.8, 4) is 11.5 Å². The number of ether oxygens (including phenoxy) is 1. The number of rotatable bonds is 5. The molecule has 0 fully saturated rings. The predicted octanol–water partition coefficient (Wildman–Crippen LogP) is 3.80. The molecule has 7 nitrogen and oxygen atoms in total. The van der Waals surface area contributed by atoms with Crippen LogP contribution in [0.15, 0.2) is 40.6 Å². The van der Waals surface area contributed by atoms with Gasteiger partial charge in [0.1, 0.15) is 17.2 Å². The van der Waals surface area contributed by atoms with E-state index in [1.54, 1.807) is 31.2 Å². The van der Waals surface area contributed by atoms with Crippen molar-refractivity contribution >= 4 is 23.2 Å². The molecule has 0 bridgehead atoms. The topological polar surface area (TPSA) is 110 Å². The lowest BCUT2D eigenvalue weighted by Gasteiger charge is -2.03. The van der Waals surface area contributed by atoms with Crippen molar-refractivity contribution in [3.63, 3.8) is 0 Å². The standard InChI is InChI=1S/C16H18N4O3/c1-3-4-15(22)23-12-7-5-11(6-8-12)19-20-13-9-14(21)10(2)18-16(13)17/h5-9,21H,3-4H2,1-2H3,(H2,17,18)/b20-19+. The van der Waals surface area contributed by atoms with E-state index in [4.69, 9.17) is 10.5 Å². The molecule has 7 heteroatoms. The minimum atomic E-state index is -0.268. The monoisotopic (exact) mass is 314 g/mol. The van der Waals surface area contributed by atoms with E-state index >= 15 is 0 Å². The number of anilines is 1. The number of pyridine rings is 1. The second kappa shape index (κ2) is 7.35. The fourth-order valence-corrected chi connectivity index (χ4v) is 1.76. The van der Waals surface area contributed by atoms with Crippen molar-refractivity contribution in [3.05, 3.63) is 36.0 Å². The van der Waals surface area contributed by atoms with Crippen molar-refractivity contribution in [2.24, 2.45) is 10.2 Å². The quantitative estimate of drug-likeness (QED) is 0.495. The van der Waals surface area contributed by atoms with Gasteiger partial charge in [-0.2, -0.15) is 5.11 Å². The number of aromatic nitrogens is 1. The van der Waals surface area contributed by atoms with Crippen LogP contribution in [-0.4, -0.2) is 16.1 Å². The molecule has 2 aromatic rings. The summed E-state index contributed by atoms with van der Waals surface area (Å²) in [4.78, 5) is 15.4. The van der Waals surface area contributed by atoms with Crippen molar-refractivity contribution in [2.75, 3.05) is 5.73 Å². The number of nitrogens with two attached hydrogens (primary N) is 1. The molecule has 120 valence electrons. The van der Waals surface area contributed by atoms with Gasteiger partial charge >= 0.3 is 5.97 Å². The van der Waals surface area contributed by atoms with E-state index in [9.17, 15) is 9.90 Å². The van der Waals surface area contributed by atoms with Gasteiger partial charge in [-0.1, -0.05) is 6.92 Å². The summed E-state index contributed by atoms with van der Waals surface area (Å²) in [5.74, 6) is 0.382. The van der Waals surface area contributed by atoms with Crippen LogP contribution >= 0.6 is 0 Å². The molecule has 2 rings (SSSR count). The third-order valence-electron chi connectivity index (χ3n) is 2.99. The maximum atomic E-state index is 11.4. The highest BCUT2D eigenvalue weighted by Crippen LogP contribution is 2.29. The van der Waals surface area contributed by atoms with Gasteiger partial charge in [-0.15, -0.1) is 5.11 Å². The molecule has 23 heavy (non-hydrogen) atoms. The SMILES string of the molecule is CCCC(=O)Oc1ccc(/N=N/c2cc(O)c(C)nc2N)cc1. The zero-order valence-corrected chi connectivity index (χ0v) is 13.0. The number of azo groups is 1. The smallest absolute Gasteiger partial charge is 0.311 e. The largest absolute Gasteiger partial charge is 0.506 e. The van der Waals surface area contributed by atoms with Crippen LogP contribution in [0, 0.1) is 6.92 Å². The summed E-state index contributed by atoms with van der Waals surface area (Å²) in [5, 5.41) is 17.6. The minimum Gasteiger partial charge on any atom is -0.506 e. The van der Waals surface area contributed by atoms with Crippen molar-refractivity contribution in [2.45, 2.75) is 26.7 Å². The molecule has 0 spiro atoms. The van der Waals surface area contributed by atoms with Gasteiger partial charge in [-0.3, -0.25) is 4.79 Å². The molecule has 0 atom stereocenters. The van der Waals surface area contributed by atoms with Crippen LogP contribution < -0.4 is 10.5 Å². The van der Waals surface area contributed by atoms with Crippen LogP contribution in [0.2, 0.25) is 0 Å². The lowest BCUT2D eigenvalue weighted by atomic mass is 10.3. The van der Waals surface area contributed by atoms with Crippen LogP contribution in [0.4, 0.5) is 17.2 Å². The summed E-state index contributed by atoms with van der Waals surface area (Å²) < 4.78 is 5.15. The molecule has 1 heterocycles. The molecule has 0 amide bonds. The van der Waals surface area contributed by atoms with Gasteiger partial charge in [-0.25, -0.2) is 4.98 Å². The van der Waals surface area contributed by atoms with Gasteiger partial charge in [0, 0.05) is 12.5 Å². The first kappa shape index (κ1) is 16.4. The highest BCUT2D eigenvalue weighted by molar-refractivity contribution is 5.72. The Bertz CT molecular complexity index is 727. The number of hydrogen-bond acceptors (Lipinski definition) is 7. The number of aryl methyl sites for hydroxylation is 1. The summed E-state index contributed by atoms with van der Waals surface area (Å²) in [7, 11) is 0. The van der Waals surface area contributed by atoms with Gasteiger partial charge in [0.25, 0.3) is 0 Å². The van der Waals surface area contributed by atoms with Gasteiger partial charge in [0.05, 0.1) is 11.4 Å². The highest BCUT2D eigenvalue weighted by Gasteiger charge is 2.06. The number of aromatic hydroxyl groups is 1. The maximum absolute atomic E-state index is 11.4. The van der Waals surface area contributed by atoms with E-state index in [0.29, 0.717) is 23.6 Å². The van der Waals surface area contributed by atoms with Gasteiger partial charge in [-0.05, 0) is 37.6 Å². The maximum Gasteiger partial charge on any atom is 0.311 e. The molecule has 0 aliphatic rings. The van der Waals surface area contributed by atoms with Crippen LogP contribution in [-0.2, 0) is 4.79 Å². The van der Waals surface area contributed by atoms with E-state index in [-0.39, 0.29) is 23.2 Å². The average Bonchev–Trinajstić information content (AvgIpc) is 2.51. The van der Waals surface area contributed by atoms with Crippen molar-refractivity contribution < 1.29 is 14.6 Å². The first-order valence-electron chi connectivity index (χ1n) is 7.18. The normalized spacial score (nSPS) is 10.9. The third kappa shape index (κ3) is 4.50. The molecule has 3 N–H and O–H groups in total. The molecule has 1 aromatic carbocycles. The van der Waals surface area contributed by atoms with E-state index < -0.39 is 0 Å². The number of nitrogen functional groups attached to an aromatic ring is 1. The Morgan fingerprint density at radius 3 is 2.65 bits per heavy atom. The van der Waals surface area contributed by atoms with Crippen LogP contribution in [0.25, 0.3) is 0 Å². The molecule has 1 aromatic heterocycles. The molecule has 0 aliphatic heterocycles. The Morgan fingerprint density at radius 2 is 2.00 bits per heavy atom. The van der Waals surface area contributed by atoms with Crippen LogP contribution in [0.1, 0.15) is 25.5 Å². The lowest BCUT2D eigenvalue weighted by molar-refractivity contribution is -0.134. The average molecular weight is 314 g/mol. The van der Waals surface area contributed by atoms with Crippen LogP contribution in [0.3, 0.4) is 0 Å². The number of nitrogens with zero attached hydrogens (tertiary/aromatic N) is 3.